The van der Waals surface area contributed by atoms with Crippen molar-refractivity contribution in [2.24, 2.45) is 5.92 Å². The van der Waals surface area contributed by atoms with Crippen LogP contribution >= 0.6 is 0 Å². The summed E-state index contributed by atoms with van der Waals surface area (Å²) < 4.78 is 5.03. The number of amides is 2. The van der Waals surface area contributed by atoms with Crippen LogP contribution in [-0.2, 0) is 25.5 Å². The van der Waals surface area contributed by atoms with Gasteiger partial charge in [-0.15, -0.1) is 0 Å². The summed E-state index contributed by atoms with van der Waals surface area (Å²) in [4.78, 5) is 37.6. The summed E-state index contributed by atoms with van der Waals surface area (Å²) in [6.45, 7) is 3.06. The number of carbonyl (C=O) groups excluding carboxylic acids is 3. The van der Waals surface area contributed by atoms with Crippen LogP contribution in [0.2, 0.25) is 0 Å². The Labute approximate surface area is 142 Å². The maximum atomic E-state index is 12.2. The van der Waals surface area contributed by atoms with Crippen molar-refractivity contribution in [1.29, 1.82) is 0 Å². The quantitative estimate of drug-likeness (QED) is 0.793. The van der Waals surface area contributed by atoms with E-state index in [1.165, 1.54) is 0 Å². The van der Waals surface area contributed by atoms with Gasteiger partial charge >= 0.3 is 5.97 Å². The van der Waals surface area contributed by atoms with E-state index in [2.05, 4.69) is 5.32 Å². The number of carbonyl (C=O) groups is 3. The first kappa shape index (κ1) is 18.0. The Hall–Kier alpha value is -2.37. The van der Waals surface area contributed by atoms with E-state index in [0.717, 1.165) is 18.4 Å². The Morgan fingerprint density at radius 3 is 2.71 bits per heavy atom. The van der Waals surface area contributed by atoms with Gasteiger partial charge in [0.15, 0.2) is 0 Å². The molecule has 0 saturated carbocycles. The zero-order valence-corrected chi connectivity index (χ0v) is 14.0. The molecule has 0 bridgehead atoms. The molecule has 130 valence electrons. The molecule has 0 spiro atoms. The first-order valence-electron chi connectivity index (χ1n) is 8.35. The predicted molar refractivity (Wildman–Crippen MR) is 89.1 cm³/mol. The molecule has 1 aromatic rings. The van der Waals surface area contributed by atoms with E-state index in [4.69, 9.17) is 4.74 Å². The molecule has 0 aromatic heterocycles. The molecule has 1 fully saturated rings. The zero-order valence-electron chi connectivity index (χ0n) is 14.0. The van der Waals surface area contributed by atoms with Crippen molar-refractivity contribution in [1.82, 2.24) is 10.2 Å². The minimum atomic E-state index is -0.261. The lowest BCUT2D eigenvalue weighted by Crippen LogP contribution is -2.47. The molecular formula is C18H24N2O4. The molecular weight excluding hydrogens is 308 g/mol. The Bertz CT molecular complexity index is 574. The Kier molecular flexibility index (Phi) is 6.78. The molecule has 24 heavy (non-hydrogen) atoms. The van der Waals surface area contributed by atoms with E-state index in [0.29, 0.717) is 19.7 Å². The standard InChI is InChI=1S/C18H24N2O4/c1-2-24-18(23)15-9-6-10-20(13-15)17(22)12-19-16(21)11-14-7-4-3-5-8-14/h3-5,7-8,15H,2,6,9-13H2,1H3,(H,19,21). The lowest BCUT2D eigenvalue weighted by Gasteiger charge is -2.31. The Morgan fingerprint density at radius 1 is 1.25 bits per heavy atom. The van der Waals surface area contributed by atoms with Crippen LogP contribution in [0.15, 0.2) is 30.3 Å². The molecule has 6 nitrogen and oxygen atoms in total. The molecule has 0 radical (unpaired) electrons. The molecule has 0 aliphatic carbocycles. The van der Waals surface area contributed by atoms with Gasteiger partial charge in [-0.3, -0.25) is 14.4 Å². The molecule has 1 aliphatic heterocycles. The van der Waals surface area contributed by atoms with Crippen molar-refractivity contribution in [3.8, 4) is 0 Å². The van der Waals surface area contributed by atoms with E-state index < -0.39 is 0 Å². The average molecular weight is 332 g/mol. The number of piperidine rings is 1. The summed E-state index contributed by atoms with van der Waals surface area (Å²) in [6.07, 6.45) is 1.76. The second-order valence-corrected chi connectivity index (χ2v) is 5.87. The fourth-order valence-electron chi connectivity index (χ4n) is 2.79. The molecule has 1 atom stereocenters. The van der Waals surface area contributed by atoms with Gasteiger partial charge in [0, 0.05) is 13.1 Å². The monoisotopic (exact) mass is 332 g/mol. The fraction of sp³-hybridized carbons (Fsp3) is 0.500. The van der Waals surface area contributed by atoms with Crippen molar-refractivity contribution in [3.05, 3.63) is 35.9 Å². The summed E-state index contributed by atoms with van der Waals surface area (Å²) in [6, 6.07) is 9.38. The van der Waals surface area contributed by atoms with E-state index >= 15 is 0 Å². The smallest absolute Gasteiger partial charge is 0.310 e. The van der Waals surface area contributed by atoms with Gasteiger partial charge in [-0.2, -0.15) is 0 Å². The van der Waals surface area contributed by atoms with Gasteiger partial charge in [-0.1, -0.05) is 30.3 Å². The minimum Gasteiger partial charge on any atom is -0.466 e. The van der Waals surface area contributed by atoms with Crippen molar-refractivity contribution in [2.75, 3.05) is 26.2 Å². The highest BCUT2D eigenvalue weighted by Gasteiger charge is 2.29. The number of benzene rings is 1. The number of likely N-dealkylation sites (tertiary alicyclic amines) is 1. The summed E-state index contributed by atoms with van der Waals surface area (Å²) in [5, 5.41) is 2.65. The van der Waals surface area contributed by atoms with E-state index in [1.807, 2.05) is 30.3 Å². The SMILES string of the molecule is CCOC(=O)C1CCCN(C(=O)CNC(=O)Cc2ccccc2)C1. The topological polar surface area (TPSA) is 75.7 Å². The van der Waals surface area contributed by atoms with Crippen molar-refractivity contribution in [2.45, 2.75) is 26.2 Å². The van der Waals surface area contributed by atoms with Gasteiger partial charge in [0.2, 0.25) is 11.8 Å². The maximum absolute atomic E-state index is 12.2. The Balaban J connectivity index is 1.77. The van der Waals surface area contributed by atoms with E-state index in [1.54, 1.807) is 11.8 Å². The second kappa shape index (κ2) is 9.05. The minimum absolute atomic E-state index is 0.0405. The van der Waals surface area contributed by atoms with Crippen molar-refractivity contribution >= 4 is 17.8 Å². The summed E-state index contributed by atoms with van der Waals surface area (Å²) >= 11 is 0. The number of esters is 1. The highest BCUT2D eigenvalue weighted by molar-refractivity contribution is 5.86. The molecule has 2 amide bonds. The fourth-order valence-corrected chi connectivity index (χ4v) is 2.79. The number of nitrogens with zero attached hydrogens (tertiary/aromatic N) is 1. The molecule has 1 saturated heterocycles. The number of rotatable bonds is 6. The summed E-state index contributed by atoms with van der Waals surface area (Å²) in [5.74, 6) is -0.857. The van der Waals surface area contributed by atoms with Gasteiger partial charge in [0.25, 0.3) is 0 Å². The third-order valence-corrected chi connectivity index (χ3v) is 4.04. The summed E-state index contributed by atoms with van der Waals surface area (Å²) in [7, 11) is 0. The van der Waals surface area contributed by atoms with Crippen molar-refractivity contribution in [3.63, 3.8) is 0 Å². The molecule has 1 aromatic carbocycles. The second-order valence-electron chi connectivity index (χ2n) is 5.87. The molecule has 6 heteroatoms. The van der Waals surface area contributed by atoms with Gasteiger partial charge in [0.05, 0.1) is 25.5 Å². The maximum Gasteiger partial charge on any atom is 0.310 e. The van der Waals surface area contributed by atoms with Crippen molar-refractivity contribution < 1.29 is 19.1 Å². The van der Waals surface area contributed by atoms with Gasteiger partial charge in [-0.25, -0.2) is 0 Å². The van der Waals surface area contributed by atoms with Gasteiger partial charge in [-0.05, 0) is 25.3 Å². The molecule has 1 N–H and O–H groups in total. The van der Waals surface area contributed by atoms with E-state index in [9.17, 15) is 14.4 Å². The van der Waals surface area contributed by atoms with Crippen LogP contribution in [0.3, 0.4) is 0 Å². The normalized spacial score (nSPS) is 17.2. The Morgan fingerprint density at radius 2 is 2.00 bits per heavy atom. The van der Waals surface area contributed by atoms with Gasteiger partial charge in [0.1, 0.15) is 0 Å². The third kappa shape index (κ3) is 5.37. The first-order valence-corrected chi connectivity index (χ1v) is 8.35. The largest absolute Gasteiger partial charge is 0.466 e. The highest BCUT2D eigenvalue weighted by Crippen LogP contribution is 2.17. The molecule has 1 aliphatic rings. The molecule has 1 unspecified atom stereocenters. The van der Waals surface area contributed by atoms with Crippen LogP contribution in [0.25, 0.3) is 0 Å². The molecule has 1 heterocycles. The number of nitrogens with one attached hydrogen (secondary N) is 1. The van der Waals surface area contributed by atoms with Crippen LogP contribution in [0.5, 0.6) is 0 Å². The lowest BCUT2D eigenvalue weighted by molar-refractivity contribution is -0.151. The predicted octanol–water partition coefficient (Wildman–Crippen LogP) is 1.15. The molecule has 2 rings (SSSR count). The van der Waals surface area contributed by atoms with Crippen LogP contribution in [0.1, 0.15) is 25.3 Å². The number of ether oxygens (including phenoxy) is 1. The third-order valence-electron chi connectivity index (χ3n) is 4.04. The number of hydrogen-bond donors (Lipinski definition) is 1. The summed E-state index contributed by atoms with van der Waals surface area (Å²) in [5.41, 5.74) is 0.905. The van der Waals surface area contributed by atoms with E-state index in [-0.39, 0.29) is 36.7 Å². The van der Waals surface area contributed by atoms with Crippen LogP contribution < -0.4 is 5.32 Å². The first-order chi connectivity index (χ1) is 11.6. The van der Waals surface area contributed by atoms with Crippen LogP contribution in [0.4, 0.5) is 0 Å². The average Bonchev–Trinajstić information content (AvgIpc) is 2.61. The number of hydrogen-bond acceptors (Lipinski definition) is 4. The van der Waals surface area contributed by atoms with Gasteiger partial charge < -0.3 is 15.0 Å². The van der Waals surface area contributed by atoms with Crippen LogP contribution in [-0.4, -0.2) is 48.9 Å². The van der Waals surface area contributed by atoms with Crippen LogP contribution in [0, 0.1) is 5.92 Å². The lowest BCUT2D eigenvalue weighted by atomic mass is 9.98. The zero-order chi connectivity index (χ0) is 17.4. The highest BCUT2D eigenvalue weighted by atomic mass is 16.5.